The fraction of sp³-hybridized carbons (Fsp3) is 0.714. The van der Waals surface area contributed by atoms with Crippen molar-refractivity contribution in [3.63, 3.8) is 0 Å². The third-order valence-electron chi connectivity index (χ3n) is 5.02. The summed E-state index contributed by atoms with van der Waals surface area (Å²) in [5.74, 6) is -0.238. The van der Waals surface area contributed by atoms with Crippen LogP contribution in [-0.4, -0.2) is 36.0 Å². The monoisotopic (exact) mass is 350 g/mol. The second kappa shape index (κ2) is 13.2. The molecule has 0 aliphatic rings. The van der Waals surface area contributed by atoms with Gasteiger partial charge in [0.1, 0.15) is 0 Å². The van der Waals surface area contributed by atoms with Gasteiger partial charge in [0.25, 0.3) is 0 Å². The predicted octanol–water partition coefficient (Wildman–Crippen LogP) is 3.88. The van der Waals surface area contributed by atoms with Gasteiger partial charge in [-0.1, -0.05) is 58.1 Å². The molecule has 0 aromatic heterocycles. The molecule has 3 atom stereocenters. The molecule has 0 aliphatic heterocycles. The summed E-state index contributed by atoms with van der Waals surface area (Å²) in [5, 5.41) is 23.9. The highest BCUT2D eigenvalue weighted by atomic mass is 16.3. The fourth-order valence-corrected chi connectivity index (χ4v) is 3.27. The first kappa shape index (κ1) is 21.9. The van der Waals surface area contributed by atoms with E-state index in [0.29, 0.717) is 6.54 Å². The Morgan fingerprint density at radius 3 is 2.24 bits per heavy atom. The van der Waals surface area contributed by atoms with E-state index in [9.17, 15) is 10.2 Å². The normalized spacial score (nSPS) is 14.9. The third-order valence-corrected chi connectivity index (χ3v) is 5.02. The van der Waals surface area contributed by atoms with Crippen molar-refractivity contribution in [2.75, 3.05) is 25.0 Å². The van der Waals surface area contributed by atoms with E-state index >= 15 is 0 Å². The Kier molecular flexibility index (Phi) is 11.5. The van der Waals surface area contributed by atoms with Crippen molar-refractivity contribution in [2.24, 2.45) is 11.7 Å². The lowest BCUT2D eigenvalue weighted by Gasteiger charge is -2.28. The Morgan fingerprint density at radius 2 is 1.68 bits per heavy atom. The molecule has 4 nitrogen and oxygen atoms in total. The average Bonchev–Trinajstić information content (AvgIpc) is 2.64. The summed E-state index contributed by atoms with van der Waals surface area (Å²) in [7, 11) is 0. The lowest BCUT2D eigenvalue weighted by atomic mass is 9.83. The molecule has 0 spiro atoms. The van der Waals surface area contributed by atoms with Crippen LogP contribution < -0.4 is 11.1 Å². The van der Waals surface area contributed by atoms with Crippen molar-refractivity contribution in [3.05, 3.63) is 29.8 Å². The molecular weight excluding hydrogens is 312 g/mol. The zero-order valence-electron chi connectivity index (χ0n) is 16.1. The molecule has 5 N–H and O–H groups in total. The van der Waals surface area contributed by atoms with Gasteiger partial charge in [-0.25, -0.2) is 0 Å². The van der Waals surface area contributed by atoms with Crippen LogP contribution in [0.25, 0.3) is 0 Å². The largest absolute Gasteiger partial charge is 0.396 e. The summed E-state index contributed by atoms with van der Waals surface area (Å²) in [6.07, 6.45) is 7.43. The van der Waals surface area contributed by atoms with Gasteiger partial charge >= 0.3 is 0 Å². The number of rotatable bonds is 14. The number of hydrogen-bond donors (Lipinski definition) is 4. The highest BCUT2D eigenvalue weighted by Crippen LogP contribution is 2.27. The van der Waals surface area contributed by atoms with E-state index < -0.39 is 6.10 Å². The highest BCUT2D eigenvalue weighted by Gasteiger charge is 2.27. The van der Waals surface area contributed by atoms with E-state index in [4.69, 9.17) is 5.73 Å². The molecule has 0 saturated carbocycles. The minimum Gasteiger partial charge on any atom is -0.396 e. The van der Waals surface area contributed by atoms with Gasteiger partial charge in [-0.3, -0.25) is 0 Å². The molecule has 1 rings (SSSR count). The Balaban J connectivity index is 2.60. The molecule has 0 heterocycles. The van der Waals surface area contributed by atoms with Crippen LogP contribution in [0.1, 0.15) is 70.3 Å². The first-order valence-corrected chi connectivity index (χ1v) is 10.0. The Morgan fingerprint density at radius 1 is 1.00 bits per heavy atom. The predicted molar refractivity (Wildman–Crippen MR) is 107 cm³/mol. The molecular formula is C21H38N2O2. The van der Waals surface area contributed by atoms with Gasteiger partial charge in [-0.15, -0.1) is 0 Å². The molecule has 144 valence electrons. The van der Waals surface area contributed by atoms with Crippen LogP contribution in [0.15, 0.2) is 24.3 Å². The van der Waals surface area contributed by atoms with E-state index in [0.717, 1.165) is 37.1 Å². The summed E-state index contributed by atoms with van der Waals surface area (Å²) in [4.78, 5) is 0. The Hall–Kier alpha value is -1.10. The number of anilines is 1. The molecule has 2 unspecified atom stereocenters. The van der Waals surface area contributed by atoms with Crippen LogP contribution in [0, 0.1) is 5.92 Å². The second-order valence-electron chi connectivity index (χ2n) is 7.03. The Bertz CT molecular complexity index is 436. The summed E-state index contributed by atoms with van der Waals surface area (Å²) in [6.45, 7) is 5.73. The molecule has 0 saturated heterocycles. The molecule has 0 fully saturated rings. The quantitative estimate of drug-likeness (QED) is 0.384. The summed E-state index contributed by atoms with van der Waals surface area (Å²) in [5.41, 5.74) is 7.91. The number of nitrogens with two attached hydrogens (primary N) is 1. The number of hydrogen-bond acceptors (Lipinski definition) is 4. The number of aliphatic hydroxyl groups is 2. The average molecular weight is 351 g/mol. The number of nitrogens with one attached hydrogen (secondary N) is 1. The fourth-order valence-electron chi connectivity index (χ4n) is 3.27. The van der Waals surface area contributed by atoms with Gasteiger partial charge in [-0.2, -0.15) is 0 Å². The standard InChI is InChI=1S/C21H38N2O2/c1-3-5-7-8-14-23-19-12-10-17(11-13-19)20(16-24)21(25)18(15-22)9-6-4-2/h10-13,18,20-21,23-25H,3-9,14-16,22H2,1-2H3/t18-,20?,21?/m1/s1. The van der Waals surface area contributed by atoms with Crippen LogP contribution in [-0.2, 0) is 0 Å². The van der Waals surface area contributed by atoms with Crippen LogP contribution in [0.5, 0.6) is 0 Å². The SMILES string of the molecule is CCCCCCNc1ccc(C(CO)C(O)[C@@H](CN)CCCC)cc1. The van der Waals surface area contributed by atoms with E-state index in [1.165, 1.54) is 25.7 Å². The van der Waals surface area contributed by atoms with Crippen molar-refractivity contribution in [3.8, 4) is 0 Å². The van der Waals surface area contributed by atoms with Crippen molar-refractivity contribution in [2.45, 2.75) is 70.8 Å². The summed E-state index contributed by atoms with van der Waals surface area (Å²) < 4.78 is 0. The van der Waals surface area contributed by atoms with Crippen LogP contribution in [0.2, 0.25) is 0 Å². The van der Waals surface area contributed by atoms with E-state index in [1.54, 1.807) is 0 Å². The minimum atomic E-state index is -0.602. The smallest absolute Gasteiger partial charge is 0.0670 e. The minimum absolute atomic E-state index is 0.0356. The van der Waals surface area contributed by atoms with E-state index in [-0.39, 0.29) is 18.4 Å². The number of aliphatic hydroxyl groups excluding tert-OH is 2. The summed E-state index contributed by atoms with van der Waals surface area (Å²) in [6, 6.07) is 8.08. The van der Waals surface area contributed by atoms with Crippen LogP contribution >= 0.6 is 0 Å². The maximum absolute atomic E-state index is 10.7. The first-order valence-electron chi connectivity index (χ1n) is 10.0. The molecule has 0 aliphatic carbocycles. The van der Waals surface area contributed by atoms with Gasteiger partial charge in [0, 0.05) is 18.2 Å². The zero-order valence-corrected chi connectivity index (χ0v) is 16.1. The molecule has 4 heteroatoms. The van der Waals surface area contributed by atoms with E-state index in [1.807, 2.05) is 24.3 Å². The van der Waals surface area contributed by atoms with E-state index in [2.05, 4.69) is 19.2 Å². The maximum atomic E-state index is 10.7. The second-order valence-corrected chi connectivity index (χ2v) is 7.03. The van der Waals surface area contributed by atoms with Gasteiger partial charge in [0.15, 0.2) is 0 Å². The van der Waals surface area contributed by atoms with Gasteiger partial charge in [0.2, 0.25) is 0 Å². The van der Waals surface area contributed by atoms with Crippen LogP contribution in [0.4, 0.5) is 5.69 Å². The van der Waals surface area contributed by atoms with Gasteiger partial charge < -0.3 is 21.3 Å². The highest BCUT2D eigenvalue weighted by molar-refractivity contribution is 5.45. The Labute approximate surface area is 153 Å². The molecule has 0 radical (unpaired) electrons. The lowest BCUT2D eigenvalue weighted by Crippen LogP contribution is -2.34. The van der Waals surface area contributed by atoms with Gasteiger partial charge in [0.05, 0.1) is 12.7 Å². The number of benzene rings is 1. The lowest BCUT2D eigenvalue weighted by molar-refractivity contribution is 0.0547. The topological polar surface area (TPSA) is 78.5 Å². The molecule has 0 amide bonds. The zero-order chi connectivity index (χ0) is 18.5. The van der Waals surface area contributed by atoms with Crippen molar-refractivity contribution >= 4 is 5.69 Å². The summed E-state index contributed by atoms with van der Waals surface area (Å²) >= 11 is 0. The third kappa shape index (κ3) is 7.76. The molecule has 0 bridgehead atoms. The molecule has 25 heavy (non-hydrogen) atoms. The van der Waals surface area contributed by atoms with Gasteiger partial charge in [-0.05, 0) is 43.0 Å². The van der Waals surface area contributed by atoms with Crippen molar-refractivity contribution in [1.29, 1.82) is 0 Å². The van der Waals surface area contributed by atoms with Crippen molar-refractivity contribution in [1.82, 2.24) is 0 Å². The molecule has 1 aromatic carbocycles. The number of unbranched alkanes of at least 4 members (excludes halogenated alkanes) is 4. The first-order chi connectivity index (χ1) is 12.2. The van der Waals surface area contributed by atoms with Crippen LogP contribution in [0.3, 0.4) is 0 Å². The maximum Gasteiger partial charge on any atom is 0.0670 e. The van der Waals surface area contributed by atoms with Crippen molar-refractivity contribution < 1.29 is 10.2 Å². The molecule has 1 aromatic rings.